The summed E-state index contributed by atoms with van der Waals surface area (Å²) in [6.45, 7) is 0.0524. The zero-order chi connectivity index (χ0) is 14.0. The first-order valence-corrected chi connectivity index (χ1v) is 7.73. The molecule has 2 unspecified atom stereocenters. The number of halogens is 1. The normalized spacial score (nSPS) is 23.2. The molecule has 2 rings (SSSR count). The van der Waals surface area contributed by atoms with E-state index in [-0.39, 0.29) is 6.54 Å². The van der Waals surface area contributed by atoms with Crippen LogP contribution in [0.1, 0.15) is 0 Å². The Labute approximate surface area is 118 Å². The lowest BCUT2D eigenvalue weighted by atomic mass is 10.2. The highest BCUT2D eigenvalue weighted by Crippen LogP contribution is 2.24. The standard InChI is InChI=1S/C10H12BrN3O4S/c11-7-3-1-2-4-8(7)14-19(17,18)9-6(10(15)16)5-12-13-9/h1-4,6,9,12-14H,5H2,(H,15,16). The second kappa shape index (κ2) is 5.45. The van der Waals surface area contributed by atoms with Gasteiger partial charge in [-0.05, 0) is 28.1 Å². The molecule has 0 saturated carbocycles. The van der Waals surface area contributed by atoms with Crippen molar-refractivity contribution in [1.29, 1.82) is 0 Å². The molecule has 0 aromatic heterocycles. The molecule has 7 nitrogen and oxygen atoms in total. The minimum atomic E-state index is -3.86. The first-order valence-electron chi connectivity index (χ1n) is 5.39. The summed E-state index contributed by atoms with van der Waals surface area (Å²) in [6, 6.07) is 6.70. The molecule has 19 heavy (non-hydrogen) atoms. The van der Waals surface area contributed by atoms with E-state index in [9.17, 15) is 13.2 Å². The third-order valence-electron chi connectivity index (χ3n) is 2.71. The third-order valence-corrected chi connectivity index (χ3v) is 5.02. The molecule has 1 saturated heterocycles. The molecule has 0 spiro atoms. The fourth-order valence-corrected chi connectivity index (χ4v) is 3.76. The van der Waals surface area contributed by atoms with Crippen LogP contribution < -0.4 is 15.6 Å². The number of sulfonamides is 1. The number of aliphatic carboxylic acids is 1. The van der Waals surface area contributed by atoms with Gasteiger partial charge in [-0.15, -0.1) is 0 Å². The van der Waals surface area contributed by atoms with E-state index in [4.69, 9.17) is 5.11 Å². The van der Waals surface area contributed by atoms with Crippen molar-refractivity contribution in [3.63, 3.8) is 0 Å². The van der Waals surface area contributed by atoms with Gasteiger partial charge >= 0.3 is 5.97 Å². The molecule has 1 aliphatic rings. The third kappa shape index (κ3) is 3.06. The van der Waals surface area contributed by atoms with Crippen molar-refractivity contribution in [2.75, 3.05) is 11.3 Å². The van der Waals surface area contributed by atoms with E-state index in [0.717, 1.165) is 0 Å². The van der Waals surface area contributed by atoms with Crippen molar-refractivity contribution in [2.45, 2.75) is 5.37 Å². The number of hydrazine groups is 1. The van der Waals surface area contributed by atoms with Crippen LogP contribution in [0.15, 0.2) is 28.7 Å². The van der Waals surface area contributed by atoms with E-state index in [1.807, 2.05) is 0 Å². The number of benzene rings is 1. The Morgan fingerprint density at radius 3 is 2.74 bits per heavy atom. The van der Waals surface area contributed by atoms with Gasteiger partial charge in [0.15, 0.2) is 5.37 Å². The second-order valence-electron chi connectivity index (χ2n) is 4.02. The molecule has 0 aliphatic carbocycles. The molecule has 104 valence electrons. The Morgan fingerprint density at radius 1 is 1.42 bits per heavy atom. The smallest absolute Gasteiger partial charge is 0.310 e. The van der Waals surface area contributed by atoms with Gasteiger partial charge in [-0.1, -0.05) is 12.1 Å². The van der Waals surface area contributed by atoms with E-state index < -0.39 is 27.3 Å². The largest absolute Gasteiger partial charge is 0.481 e. The molecule has 1 heterocycles. The molecule has 4 N–H and O–H groups in total. The lowest BCUT2D eigenvalue weighted by Crippen LogP contribution is -2.43. The number of hydrogen-bond acceptors (Lipinski definition) is 5. The van der Waals surface area contributed by atoms with Crippen LogP contribution >= 0.6 is 15.9 Å². The van der Waals surface area contributed by atoms with Crippen LogP contribution in [-0.2, 0) is 14.8 Å². The molecule has 2 atom stereocenters. The maximum Gasteiger partial charge on any atom is 0.310 e. The van der Waals surface area contributed by atoms with Crippen LogP contribution in [0, 0.1) is 5.92 Å². The molecule has 0 amide bonds. The fraction of sp³-hybridized carbons (Fsp3) is 0.300. The van der Waals surface area contributed by atoms with Gasteiger partial charge in [0.1, 0.15) is 5.92 Å². The Hall–Kier alpha value is -1.16. The van der Waals surface area contributed by atoms with Crippen molar-refractivity contribution in [3.05, 3.63) is 28.7 Å². The van der Waals surface area contributed by atoms with Gasteiger partial charge < -0.3 is 5.11 Å². The predicted molar refractivity (Wildman–Crippen MR) is 72.7 cm³/mol. The lowest BCUT2D eigenvalue weighted by Gasteiger charge is -2.17. The topological polar surface area (TPSA) is 108 Å². The van der Waals surface area contributed by atoms with Gasteiger partial charge in [-0.3, -0.25) is 14.9 Å². The molecule has 1 aliphatic heterocycles. The van der Waals surface area contributed by atoms with Crippen LogP contribution in [0.3, 0.4) is 0 Å². The summed E-state index contributed by atoms with van der Waals surface area (Å²) in [7, 11) is -3.86. The number of carboxylic acid groups (broad SMARTS) is 1. The molecule has 9 heteroatoms. The number of para-hydroxylation sites is 1. The Balaban J connectivity index is 2.24. The SMILES string of the molecule is O=C(O)C1CNNC1S(=O)(=O)Nc1ccccc1Br. The van der Waals surface area contributed by atoms with E-state index in [2.05, 4.69) is 31.5 Å². The molecule has 0 bridgehead atoms. The first-order chi connectivity index (χ1) is 8.92. The quantitative estimate of drug-likeness (QED) is 0.623. The fourth-order valence-electron chi connectivity index (χ4n) is 1.75. The van der Waals surface area contributed by atoms with E-state index >= 15 is 0 Å². The number of rotatable bonds is 4. The van der Waals surface area contributed by atoms with Crippen molar-refractivity contribution >= 4 is 37.6 Å². The summed E-state index contributed by atoms with van der Waals surface area (Å²) in [5, 5.41) is 7.76. The van der Waals surface area contributed by atoms with Crippen molar-refractivity contribution in [3.8, 4) is 0 Å². The Bertz CT molecular complexity index is 592. The van der Waals surface area contributed by atoms with Crippen LogP contribution in [0.4, 0.5) is 5.69 Å². The minimum absolute atomic E-state index is 0.0524. The van der Waals surface area contributed by atoms with E-state index in [1.54, 1.807) is 24.3 Å². The number of hydrogen-bond donors (Lipinski definition) is 4. The van der Waals surface area contributed by atoms with Crippen molar-refractivity contribution < 1.29 is 18.3 Å². The van der Waals surface area contributed by atoms with Gasteiger partial charge in [0, 0.05) is 11.0 Å². The zero-order valence-electron chi connectivity index (χ0n) is 9.63. The van der Waals surface area contributed by atoms with Crippen molar-refractivity contribution in [1.82, 2.24) is 10.9 Å². The summed E-state index contributed by atoms with van der Waals surface area (Å²) in [5.41, 5.74) is 5.38. The maximum absolute atomic E-state index is 12.2. The molecular formula is C10H12BrN3O4S. The van der Waals surface area contributed by atoms with Gasteiger partial charge in [-0.2, -0.15) is 0 Å². The lowest BCUT2D eigenvalue weighted by molar-refractivity contribution is -0.140. The van der Waals surface area contributed by atoms with Crippen LogP contribution in [0.5, 0.6) is 0 Å². The molecule has 1 aromatic rings. The van der Waals surface area contributed by atoms with Gasteiger partial charge in [0.25, 0.3) is 10.0 Å². The molecular weight excluding hydrogens is 338 g/mol. The summed E-state index contributed by atoms with van der Waals surface area (Å²) in [6.07, 6.45) is 0. The maximum atomic E-state index is 12.2. The second-order valence-corrected chi connectivity index (χ2v) is 6.67. The first kappa shape index (κ1) is 14.3. The predicted octanol–water partition coefficient (Wildman–Crippen LogP) is 0.326. The summed E-state index contributed by atoms with van der Waals surface area (Å²) in [4.78, 5) is 11.0. The number of nitrogens with one attached hydrogen (secondary N) is 3. The number of carboxylic acids is 1. The molecule has 0 radical (unpaired) electrons. The van der Waals surface area contributed by atoms with Crippen LogP contribution in [-0.4, -0.2) is 31.4 Å². The average molecular weight is 350 g/mol. The number of carbonyl (C=O) groups is 1. The zero-order valence-corrected chi connectivity index (χ0v) is 12.0. The van der Waals surface area contributed by atoms with Gasteiger partial charge in [0.2, 0.25) is 0 Å². The Morgan fingerprint density at radius 2 is 2.11 bits per heavy atom. The summed E-state index contributed by atoms with van der Waals surface area (Å²) < 4.78 is 27.3. The molecule has 1 fully saturated rings. The highest BCUT2D eigenvalue weighted by molar-refractivity contribution is 9.10. The number of anilines is 1. The van der Waals surface area contributed by atoms with E-state index in [1.165, 1.54) is 0 Å². The monoisotopic (exact) mass is 349 g/mol. The Kier molecular flexibility index (Phi) is 4.09. The van der Waals surface area contributed by atoms with Crippen LogP contribution in [0.25, 0.3) is 0 Å². The highest BCUT2D eigenvalue weighted by atomic mass is 79.9. The average Bonchev–Trinajstić information content (AvgIpc) is 2.82. The minimum Gasteiger partial charge on any atom is -0.481 e. The highest BCUT2D eigenvalue weighted by Gasteiger charge is 2.42. The van der Waals surface area contributed by atoms with Gasteiger partial charge in [-0.25, -0.2) is 13.8 Å². The summed E-state index contributed by atoms with van der Waals surface area (Å²) >= 11 is 3.22. The molecule has 1 aromatic carbocycles. The van der Waals surface area contributed by atoms with Crippen LogP contribution in [0.2, 0.25) is 0 Å². The summed E-state index contributed by atoms with van der Waals surface area (Å²) in [5.74, 6) is -2.21. The van der Waals surface area contributed by atoms with Gasteiger partial charge in [0.05, 0.1) is 5.69 Å². The van der Waals surface area contributed by atoms with Crippen molar-refractivity contribution in [2.24, 2.45) is 5.92 Å². The van der Waals surface area contributed by atoms with E-state index in [0.29, 0.717) is 10.2 Å².